The summed E-state index contributed by atoms with van der Waals surface area (Å²) in [7, 11) is 3.43. The lowest BCUT2D eigenvalue weighted by molar-refractivity contribution is 0.0162. The van der Waals surface area contributed by atoms with Crippen molar-refractivity contribution in [3.63, 3.8) is 0 Å². The number of guanidine groups is 1. The van der Waals surface area contributed by atoms with Gasteiger partial charge in [-0.25, -0.2) is 4.79 Å². The summed E-state index contributed by atoms with van der Waals surface area (Å²) < 4.78 is 10.5. The molecule has 0 spiro atoms. The van der Waals surface area contributed by atoms with E-state index in [-0.39, 0.29) is 6.09 Å². The number of ether oxygens (including phenoxy) is 2. The number of rotatable bonds is 6. The highest BCUT2D eigenvalue weighted by molar-refractivity contribution is 5.79. The summed E-state index contributed by atoms with van der Waals surface area (Å²) in [5, 5.41) is 6.50. The predicted octanol–water partition coefficient (Wildman–Crippen LogP) is 1.83. The Balaban J connectivity index is 2.31. The van der Waals surface area contributed by atoms with E-state index in [4.69, 9.17) is 9.47 Å². The molecular formula is C17H34N4O3. The smallest absolute Gasteiger partial charge is 0.410 e. The normalized spacial score (nSPS) is 19.1. The Morgan fingerprint density at radius 1 is 1.29 bits per heavy atom. The lowest BCUT2D eigenvalue weighted by atomic mass is 9.95. The molecule has 1 rings (SSSR count). The van der Waals surface area contributed by atoms with Gasteiger partial charge in [-0.1, -0.05) is 0 Å². The van der Waals surface area contributed by atoms with E-state index in [1.165, 1.54) is 0 Å². The highest BCUT2D eigenvalue weighted by Crippen LogP contribution is 2.21. The van der Waals surface area contributed by atoms with E-state index in [0.29, 0.717) is 12.5 Å². The molecule has 0 aromatic heterocycles. The summed E-state index contributed by atoms with van der Waals surface area (Å²) in [6.07, 6.45) is 2.99. The van der Waals surface area contributed by atoms with Gasteiger partial charge < -0.3 is 25.0 Å². The van der Waals surface area contributed by atoms with E-state index in [0.717, 1.165) is 51.4 Å². The maximum absolute atomic E-state index is 12.2. The van der Waals surface area contributed by atoms with Crippen LogP contribution in [0.1, 0.15) is 40.0 Å². The molecule has 0 aromatic rings. The summed E-state index contributed by atoms with van der Waals surface area (Å²) in [5.74, 6) is 1.28. The van der Waals surface area contributed by atoms with Gasteiger partial charge in [-0.05, 0) is 46.0 Å². The fourth-order valence-corrected chi connectivity index (χ4v) is 2.68. The van der Waals surface area contributed by atoms with Crippen molar-refractivity contribution in [1.82, 2.24) is 15.5 Å². The molecule has 24 heavy (non-hydrogen) atoms. The van der Waals surface area contributed by atoms with Crippen LogP contribution in [0.3, 0.4) is 0 Å². The Bertz CT molecular complexity index is 407. The third-order valence-electron chi connectivity index (χ3n) is 3.84. The van der Waals surface area contributed by atoms with Crippen molar-refractivity contribution in [3.8, 4) is 0 Å². The van der Waals surface area contributed by atoms with Crippen molar-refractivity contribution in [2.45, 2.75) is 45.6 Å². The zero-order valence-electron chi connectivity index (χ0n) is 15.9. The monoisotopic (exact) mass is 342 g/mol. The lowest BCUT2D eigenvalue weighted by Crippen LogP contribution is -2.44. The molecule has 0 bridgehead atoms. The standard InChI is InChI=1S/C17H34N4O3/c1-17(2,3)24-16(22)21-11-6-7-14(13-21)8-9-19-15(18-4)20-10-12-23-5/h14H,6-13H2,1-5H3,(H2,18,19,20). The van der Waals surface area contributed by atoms with Crippen LogP contribution in [0.5, 0.6) is 0 Å². The third kappa shape index (κ3) is 8.38. The van der Waals surface area contributed by atoms with E-state index < -0.39 is 5.60 Å². The number of methoxy groups -OCH3 is 1. The van der Waals surface area contributed by atoms with Crippen LogP contribution < -0.4 is 10.6 Å². The molecule has 7 nitrogen and oxygen atoms in total. The molecule has 1 unspecified atom stereocenters. The van der Waals surface area contributed by atoms with Crippen molar-refractivity contribution >= 4 is 12.1 Å². The van der Waals surface area contributed by atoms with E-state index in [1.807, 2.05) is 25.7 Å². The summed E-state index contributed by atoms with van der Waals surface area (Å²) >= 11 is 0. The molecule has 1 fully saturated rings. The number of hydrogen-bond donors (Lipinski definition) is 2. The Morgan fingerprint density at radius 3 is 2.62 bits per heavy atom. The number of nitrogens with one attached hydrogen (secondary N) is 2. The molecule has 1 atom stereocenters. The molecule has 2 N–H and O–H groups in total. The number of nitrogens with zero attached hydrogens (tertiary/aromatic N) is 2. The quantitative estimate of drug-likeness (QED) is 0.438. The van der Waals surface area contributed by atoms with Gasteiger partial charge >= 0.3 is 6.09 Å². The minimum absolute atomic E-state index is 0.197. The van der Waals surface area contributed by atoms with Crippen LogP contribution in [0.15, 0.2) is 4.99 Å². The zero-order valence-corrected chi connectivity index (χ0v) is 15.9. The summed E-state index contributed by atoms with van der Waals surface area (Å²) in [6.45, 7) is 9.47. The van der Waals surface area contributed by atoms with Crippen LogP contribution >= 0.6 is 0 Å². The largest absolute Gasteiger partial charge is 0.444 e. The number of aliphatic imine (C=N–C) groups is 1. The third-order valence-corrected chi connectivity index (χ3v) is 3.84. The van der Waals surface area contributed by atoms with Crippen LogP contribution in [-0.2, 0) is 9.47 Å². The maximum Gasteiger partial charge on any atom is 0.410 e. The Hall–Kier alpha value is -1.50. The average Bonchev–Trinajstić information content (AvgIpc) is 2.52. The van der Waals surface area contributed by atoms with Crippen LogP contribution in [0, 0.1) is 5.92 Å². The van der Waals surface area contributed by atoms with Crippen molar-refractivity contribution in [3.05, 3.63) is 0 Å². The highest BCUT2D eigenvalue weighted by Gasteiger charge is 2.27. The fraction of sp³-hybridized carbons (Fsp3) is 0.882. The summed E-state index contributed by atoms with van der Waals surface area (Å²) in [6, 6.07) is 0. The van der Waals surface area contributed by atoms with Gasteiger partial charge in [0.2, 0.25) is 0 Å². The molecule has 0 radical (unpaired) electrons. The van der Waals surface area contributed by atoms with E-state index in [9.17, 15) is 4.79 Å². The number of hydrogen-bond acceptors (Lipinski definition) is 4. The van der Waals surface area contributed by atoms with Crippen molar-refractivity contribution in [2.75, 3.05) is 46.9 Å². The predicted molar refractivity (Wildman–Crippen MR) is 96.4 cm³/mol. The minimum atomic E-state index is -0.439. The number of carbonyl (C=O) groups excluding carboxylic acids is 1. The molecule has 0 aromatic carbocycles. The van der Waals surface area contributed by atoms with Gasteiger partial charge in [-0.2, -0.15) is 0 Å². The molecule has 1 saturated heterocycles. The SMILES string of the molecule is CN=C(NCCOC)NCCC1CCCN(C(=O)OC(C)(C)C)C1. The van der Waals surface area contributed by atoms with Crippen molar-refractivity contribution < 1.29 is 14.3 Å². The topological polar surface area (TPSA) is 75.2 Å². The first-order valence-corrected chi connectivity index (χ1v) is 8.77. The molecule has 1 aliphatic heterocycles. The number of likely N-dealkylation sites (tertiary alicyclic amines) is 1. The van der Waals surface area contributed by atoms with Gasteiger partial charge in [0.15, 0.2) is 5.96 Å². The molecular weight excluding hydrogens is 308 g/mol. The van der Waals surface area contributed by atoms with Crippen LogP contribution in [-0.4, -0.2) is 69.5 Å². The van der Waals surface area contributed by atoms with Crippen molar-refractivity contribution in [1.29, 1.82) is 0 Å². The molecule has 1 amide bonds. The van der Waals surface area contributed by atoms with E-state index in [1.54, 1.807) is 14.2 Å². The Labute approximate surface area is 146 Å². The van der Waals surface area contributed by atoms with Crippen LogP contribution in [0.2, 0.25) is 0 Å². The molecule has 140 valence electrons. The maximum atomic E-state index is 12.2. The molecule has 1 heterocycles. The van der Waals surface area contributed by atoms with Gasteiger partial charge in [-0.15, -0.1) is 0 Å². The van der Waals surface area contributed by atoms with Gasteiger partial charge in [-0.3, -0.25) is 4.99 Å². The number of amides is 1. The number of piperidine rings is 1. The van der Waals surface area contributed by atoms with E-state index >= 15 is 0 Å². The van der Waals surface area contributed by atoms with Gasteiger partial charge in [0.05, 0.1) is 6.61 Å². The van der Waals surface area contributed by atoms with Crippen LogP contribution in [0.25, 0.3) is 0 Å². The van der Waals surface area contributed by atoms with E-state index in [2.05, 4.69) is 15.6 Å². The Kier molecular flexibility index (Phi) is 8.89. The first-order valence-electron chi connectivity index (χ1n) is 8.77. The highest BCUT2D eigenvalue weighted by atomic mass is 16.6. The lowest BCUT2D eigenvalue weighted by Gasteiger charge is -2.34. The zero-order chi connectivity index (χ0) is 18.0. The Morgan fingerprint density at radius 2 is 2.00 bits per heavy atom. The summed E-state index contributed by atoms with van der Waals surface area (Å²) in [5.41, 5.74) is -0.439. The second-order valence-electron chi connectivity index (χ2n) is 7.14. The first kappa shape index (κ1) is 20.5. The average molecular weight is 342 g/mol. The second kappa shape index (κ2) is 10.4. The first-order chi connectivity index (χ1) is 11.4. The van der Waals surface area contributed by atoms with Gasteiger partial charge in [0.25, 0.3) is 0 Å². The summed E-state index contributed by atoms with van der Waals surface area (Å²) in [4.78, 5) is 18.2. The second-order valence-corrected chi connectivity index (χ2v) is 7.14. The molecule has 7 heteroatoms. The molecule has 0 saturated carbocycles. The minimum Gasteiger partial charge on any atom is -0.444 e. The van der Waals surface area contributed by atoms with Crippen molar-refractivity contribution in [2.24, 2.45) is 10.9 Å². The number of carbonyl (C=O) groups is 1. The van der Waals surface area contributed by atoms with Crippen LogP contribution in [0.4, 0.5) is 4.79 Å². The van der Waals surface area contributed by atoms with Gasteiger partial charge in [0.1, 0.15) is 5.60 Å². The van der Waals surface area contributed by atoms with Gasteiger partial charge in [0, 0.05) is 40.3 Å². The molecule has 1 aliphatic rings. The fourth-order valence-electron chi connectivity index (χ4n) is 2.68. The molecule has 0 aliphatic carbocycles.